The number of benzene rings is 1. The lowest BCUT2D eigenvalue weighted by molar-refractivity contribution is 0.326. The summed E-state index contributed by atoms with van der Waals surface area (Å²) in [6.07, 6.45) is 0.923. The Bertz CT molecular complexity index is 695. The summed E-state index contributed by atoms with van der Waals surface area (Å²) in [5, 5.41) is 3.12. The van der Waals surface area contributed by atoms with Crippen LogP contribution in [0.2, 0.25) is 0 Å². The molecular formula is C16H16N2OS. The van der Waals surface area contributed by atoms with Gasteiger partial charge in [-0.3, -0.25) is 4.98 Å². The summed E-state index contributed by atoms with van der Waals surface area (Å²) < 4.78 is 5.95. The molecule has 0 aliphatic heterocycles. The Balaban J connectivity index is 1.82. The molecule has 0 unspecified atom stereocenters. The van der Waals surface area contributed by atoms with Crippen LogP contribution in [-0.2, 0) is 13.0 Å². The molecule has 2 N–H and O–H groups in total. The average molecular weight is 284 g/mol. The first-order valence-corrected chi connectivity index (χ1v) is 7.48. The van der Waals surface area contributed by atoms with Crippen LogP contribution in [-0.4, -0.2) is 11.6 Å². The summed E-state index contributed by atoms with van der Waals surface area (Å²) in [4.78, 5) is 5.84. The second-order valence-corrected chi connectivity index (χ2v) is 5.54. The molecule has 3 rings (SSSR count). The molecule has 0 aliphatic rings. The van der Waals surface area contributed by atoms with Crippen molar-refractivity contribution in [1.82, 2.24) is 4.98 Å². The molecule has 0 amide bonds. The normalized spacial score (nSPS) is 10.8. The van der Waals surface area contributed by atoms with Gasteiger partial charge < -0.3 is 10.5 Å². The molecule has 1 aromatic carbocycles. The highest BCUT2D eigenvalue weighted by Crippen LogP contribution is 2.25. The Kier molecular flexibility index (Phi) is 3.95. The Labute approximate surface area is 122 Å². The molecule has 0 saturated carbocycles. The number of para-hydroxylation sites is 1. The van der Waals surface area contributed by atoms with E-state index in [0.29, 0.717) is 13.2 Å². The van der Waals surface area contributed by atoms with E-state index in [1.54, 1.807) is 11.3 Å². The lowest BCUT2D eigenvalue weighted by Gasteiger charge is -2.10. The van der Waals surface area contributed by atoms with Crippen LogP contribution < -0.4 is 10.5 Å². The van der Waals surface area contributed by atoms with Gasteiger partial charge in [0.05, 0.1) is 17.8 Å². The molecule has 0 spiro atoms. The minimum Gasteiger partial charge on any atom is -0.492 e. The number of nitrogens with two attached hydrogens (primary N) is 1. The second-order valence-electron chi connectivity index (χ2n) is 4.51. The van der Waals surface area contributed by atoms with E-state index < -0.39 is 0 Å². The summed E-state index contributed by atoms with van der Waals surface area (Å²) >= 11 is 1.76. The van der Waals surface area contributed by atoms with E-state index >= 15 is 0 Å². The van der Waals surface area contributed by atoms with Gasteiger partial charge in [0, 0.05) is 29.3 Å². The molecule has 2 aromatic heterocycles. The molecule has 4 heteroatoms. The fourth-order valence-corrected chi connectivity index (χ4v) is 2.83. The minimum atomic E-state index is 0.423. The van der Waals surface area contributed by atoms with Crippen molar-refractivity contribution in [3.8, 4) is 5.75 Å². The van der Waals surface area contributed by atoms with Crippen molar-refractivity contribution in [3.05, 3.63) is 58.4 Å². The summed E-state index contributed by atoms with van der Waals surface area (Å²) in [7, 11) is 0. The van der Waals surface area contributed by atoms with Crippen LogP contribution in [0.5, 0.6) is 5.75 Å². The summed E-state index contributed by atoms with van der Waals surface area (Å²) in [6.45, 7) is 1.09. The van der Waals surface area contributed by atoms with Crippen LogP contribution in [0, 0.1) is 0 Å². The zero-order chi connectivity index (χ0) is 13.8. The van der Waals surface area contributed by atoms with Gasteiger partial charge in [0.25, 0.3) is 0 Å². The van der Waals surface area contributed by atoms with Gasteiger partial charge in [-0.2, -0.15) is 0 Å². The Morgan fingerprint density at radius 1 is 1.15 bits per heavy atom. The third-order valence-electron chi connectivity index (χ3n) is 3.13. The first kappa shape index (κ1) is 13.1. The maximum atomic E-state index is 5.95. The first-order valence-electron chi connectivity index (χ1n) is 6.61. The molecule has 0 saturated heterocycles. The molecular weight excluding hydrogens is 268 g/mol. The second kappa shape index (κ2) is 6.03. The third-order valence-corrected chi connectivity index (χ3v) is 4.06. The predicted octanol–water partition coefficient (Wildman–Crippen LogP) is 3.38. The van der Waals surface area contributed by atoms with E-state index in [1.165, 1.54) is 4.88 Å². The maximum Gasteiger partial charge on any atom is 0.130 e. The fourth-order valence-electron chi connectivity index (χ4n) is 2.14. The number of pyridine rings is 1. The smallest absolute Gasteiger partial charge is 0.130 e. The van der Waals surface area contributed by atoms with Gasteiger partial charge in [-0.1, -0.05) is 18.2 Å². The van der Waals surface area contributed by atoms with Crippen LogP contribution in [0.25, 0.3) is 10.9 Å². The van der Waals surface area contributed by atoms with E-state index in [2.05, 4.69) is 22.5 Å². The predicted molar refractivity (Wildman–Crippen MR) is 83.2 cm³/mol. The van der Waals surface area contributed by atoms with Crippen molar-refractivity contribution in [2.75, 3.05) is 6.61 Å². The largest absolute Gasteiger partial charge is 0.492 e. The average Bonchev–Trinajstić information content (AvgIpc) is 3.00. The van der Waals surface area contributed by atoms with Gasteiger partial charge in [-0.15, -0.1) is 11.3 Å². The molecule has 0 aliphatic carbocycles. The number of aromatic nitrogens is 1. The summed E-state index contributed by atoms with van der Waals surface area (Å²) in [5.41, 5.74) is 7.49. The number of rotatable bonds is 5. The quantitative estimate of drug-likeness (QED) is 0.781. The van der Waals surface area contributed by atoms with Gasteiger partial charge in [0.15, 0.2) is 0 Å². The summed E-state index contributed by atoms with van der Waals surface area (Å²) in [5.74, 6) is 0.868. The van der Waals surface area contributed by atoms with Gasteiger partial charge >= 0.3 is 0 Å². The monoisotopic (exact) mass is 284 g/mol. The molecule has 0 radical (unpaired) electrons. The van der Waals surface area contributed by atoms with Crippen LogP contribution in [0.3, 0.4) is 0 Å². The van der Waals surface area contributed by atoms with Crippen molar-refractivity contribution in [2.24, 2.45) is 5.73 Å². The zero-order valence-electron chi connectivity index (χ0n) is 11.1. The molecule has 0 atom stereocenters. The minimum absolute atomic E-state index is 0.423. The highest BCUT2D eigenvalue weighted by atomic mass is 32.1. The van der Waals surface area contributed by atoms with Crippen molar-refractivity contribution in [2.45, 2.75) is 13.0 Å². The number of hydrogen-bond donors (Lipinski definition) is 1. The number of ether oxygens (including phenoxy) is 1. The topological polar surface area (TPSA) is 48.1 Å². The number of nitrogens with zero attached hydrogens (tertiary/aromatic N) is 1. The highest BCUT2D eigenvalue weighted by molar-refractivity contribution is 7.09. The fraction of sp³-hybridized carbons (Fsp3) is 0.188. The third kappa shape index (κ3) is 2.81. The standard InChI is InChI=1S/C16H16N2OS/c17-11-12-10-16(14-5-1-2-6-15(14)18-12)19-8-7-13-4-3-9-20-13/h1-6,9-10H,7-8,11,17H2. The zero-order valence-corrected chi connectivity index (χ0v) is 11.9. The molecule has 0 bridgehead atoms. The SMILES string of the molecule is NCc1cc(OCCc2cccs2)c2ccccc2n1. The molecule has 0 fully saturated rings. The number of hydrogen-bond acceptors (Lipinski definition) is 4. The Morgan fingerprint density at radius 3 is 2.85 bits per heavy atom. The maximum absolute atomic E-state index is 5.95. The Morgan fingerprint density at radius 2 is 2.05 bits per heavy atom. The van der Waals surface area contributed by atoms with E-state index in [9.17, 15) is 0 Å². The van der Waals surface area contributed by atoms with Crippen LogP contribution in [0.4, 0.5) is 0 Å². The molecule has 2 heterocycles. The van der Waals surface area contributed by atoms with Crippen LogP contribution in [0.1, 0.15) is 10.6 Å². The molecule has 20 heavy (non-hydrogen) atoms. The molecule has 3 aromatic rings. The van der Waals surface area contributed by atoms with E-state index in [4.69, 9.17) is 10.5 Å². The number of fused-ring (bicyclic) bond motifs is 1. The van der Waals surface area contributed by atoms with Crippen LogP contribution in [0.15, 0.2) is 47.8 Å². The summed E-state index contributed by atoms with van der Waals surface area (Å²) in [6, 6.07) is 14.1. The lowest BCUT2D eigenvalue weighted by atomic mass is 10.2. The van der Waals surface area contributed by atoms with Crippen molar-refractivity contribution in [1.29, 1.82) is 0 Å². The van der Waals surface area contributed by atoms with E-state index in [1.807, 2.05) is 30.3 Å². The van der Waals surface area contributed by atoms with Crippen LogP contribution >= 0.6 is 11.3 Å². The van der Waals surface area contributed by atoms with Crippen molar-refractivity contribution < 1.29 is 4.74 Å². The first-order chi connectivity index (χ1) is 9.86. The Hall–Kier alpha value is -1.91. The highest BCUT2D eigenvalue weighted by Gasteiger charge is 2.06. The van der Waals surface area contributed by atoms with Crippen molar-refractivity contribution in [3.63, 3.8) is 0 Å². The van der Waals surface area contributed by atoms with Gasteiger partial charge in [-0.05, 0) is 23.6 Å². The van der Waals surface area contributed by atoms with Gasteiger partial charge in [0.2, 0.25) is 0 Å². The molecule has 3 nitrogen and oxygen atoms in total. The molecule has 102 valence electrons. The van der Waals surface area contributed by atoms with Gasteiger partial charge in [0.1, 0.15) is 5.75 Å². The lowest BCUT2D eigenvalue weighted by Crippen LogP contribution is -2.04. The van der Waals surface area contributed by atoms with E-state index in [0.717, 1.165) is 28.8 Å². The van der Waals surface area contributed by atoms with Crippen molar-refractivity contribution >= 4 is 22.2 Å². The number of thiophene rings is 1. The van der Waals surface area contributed by atoms with Gasteiger partial charge in [-0.25, -0.2) is 0 Å². The van der Waals surface area contributed by atoms with E-state index in [-0.39, 0.29) is 0 Å².